The fourth-order valence-electron chi connectivity index (χ4n) is 4.13. The number of hydrogen-bond acceptors (Lipinski definition) is 3. The summed E-state index contributed by atoms with van der Waals surface area (Å²) in [6, 6.07) is 4.12. The molecule has 0 fully saturated rings. The van der Waals surface area contributed by atoms with Gasteiger partial charge in [0.2, 0.25) is 0 Å². The maximum atomic E-state index is 12.6. The molecule has 3 rings (SSSR count). The Morgan fingerprint density at radius 1 is 1.26 bits per heavy atom. The summed E-state index contributed by atoms with van der Waals surface area (Å²) in [6.45, 7) is 16.2. The highest BCUT2D eigenvalue weighted by atomic mass is 16.1. The zero-order valence-electron chi connectivity index (χ0n) is 17.4. The Hall–Kier alpha value is -2.08. The van der Waals surface area contributed by atoms with Crippen molar-refractivity contribution in [3.8, 4) is 0 Å². The van der Waals surface area contributed by atoms with Gasteiger partial charge in [0.25, 0.3) is 5.91 Å². The summed E-state index contributed by atoms with van der Waals surface area (Å²) in [5, 5.41) is 7.77. The molecule has 1 N–H and O–H groups in total. The highest BCUT2D eigenvalue weighted by molar-refractivity contribution is 5.95. The van der Waals surface area contributed by atoms with Crippen LogP contribution in [0.3, 0.4) is 0 Å². The highest BCUT2D eigenvalue weighted by Gasteiger charge is 2.19. The van der Waals surface area contributed by atoms with Gasteiger partial charge in [0, 0.05) is 44.1 Å². The monoisotopic (exact) mass is 371 g/mol. The lowest BCUT2D eigenvalue weighted by Gasteiger charge is -2.21. The smallest absolute Gasteiger partial charge is 0.253 e. The molecule has 0 saturated carbocycles. The van der Waals surface area contributed by atoms with E-state index in [0.717, 1.165) is 61.8 Å². The molecule has 6 heteroatoms. The first-order valence-electron chi connectivity index (χ1n) is 10.1. The van der Waals surface area contributed by atoms with Crippen LogP contribution in [0.4, 0.5) is 0 Å². The predicted octanol–water partition coefficient (Wildman–Crippen LogP) is 3.11. The summed E-state index contributed by atoms with van der Waals surface area (Å²) < 4.78 is 4.28. The first-order chi connectivity index (χ1) is 12.9. The summed E-state index contributed by atoms with van der Waals surface area (Å²) in [4.78, 5) is 15.1. The van der Waals surface area contributed by atoms with Crippen molar-refractivity contribution >= 4 is 5.91 Å². The predicted molar refractivity (Wildman–Crippen MR) is 108 cm³/mol. The number of aromatic nitrogens is 3. The minimum absolute atomic E-state index is 0.0209. The van der Waals surface area contributed by atoms with Crippen LogP contribution in [0.1, 0.15) is 60.3 Å². The van der Waals surface area contributed by atoms with Gasteiger partial charge in [0.15, 0.2) is 0 Å². The molecule has 0 aliphatic carbocycles. The van der Waals surface area contributed by atoms with Crippen LogP contribution in [0.25, 0.3) is 0 Å². The van der Waals surface area contributed by atoms with E-state index in [1.165, 1.54) is 5.69 Å². The van der Waals surface area contributed by atoms with Crippen molar-refractivity contribution in [3.63, 3.8) is 0 Å². The van der Waals surface area contributed by atoms with E-state index < -0.39 is 0 Å². The maximum Gasteiger partial charge on any atom is 0.253 e. The average Bonchev–Trinajstić information content (AvgIpc) is 3.06. The number of rotatable bonds is 6. The minimum Gasteiger partial charge on any atom is -0.349 e. The van der Waals surface area contributed by atoms with Crippen LogP contribution in [-0.4, -0.2) is 38.2 Å². The fourth-order valence-corrected chi connectivity index (χ4v) is 4.13. The third kappa shape index (κ3) is 4.43. The number of amides is 1. The lowest BCUT2D eigenvalue weighted by Crippen LogP contribution is -2.27. The molecule has 0 spiro atoms. The Balaban J connectivity index is 1.65. The molecule has 2 aromatic rings. The third-order valence-electron chi connectivity index (χ3n) is 5.33. The summed E-state index contributed by atoms with van der Waals surface area (Å²) in [5.74, 6) is 0.646. The largest absolute Gasteiger partial charge is 0.349 e. The van der Waals surface area contributed by atoms with Crippen molar-refractivity contribution in [2.45, 2.75) is 67.2 Å². The van der Waals surface area contributed by atoms with Gasteiger partial charge >= 0.3 is 0 Å². The Labute approximate surface area is 162 Å². The van der Waals surface area contributed by atoms with Crippen molar-refractivity contribution in [1.82, 2.24) is 24.6 Å². The van der Waals surface area contributed by atoms with Gasteiger partial charge in [-0.15, -0.1) is 0 Å². The van der Waals surface area contributed by atoms with E-state index in [4.69, 9.17) is 5.10 Å². The van der Waals surface area contributed by atoms with E-state index in [-0.39, 0.29) is 5.91 Å². The number of fused-ring (bicyclic) bond motifs is 1. The first kappa shape index (κ1) is 19.7. The Morgan fingerprint density at radius 2 is 2.04 bits per heavy atom. The van der Waals surface area contributed by atoms with Gasteiger partial charge in [-0.05, 0) is 45.2 Å². The number of aryl methyl sites for hydroxylation is 2. The van der Waals surface area contributed by atoms with Crippen molar-refractivity contribution in [1.29, 1.82) is 0 Å². The quantitative estimate of drug-likeness (QED) is 0.849. The molecule has 1 aliphatic rings. The summed E-state index contributed by atoms with van der Waals surface area (Å²) in [6.07, 6.45) is 1.12. The molecule has 0 saturated heterocycles. The summed E-state index contributed by atoms with van der Waals surface area (Å²) >= 11 is 0. The minimum atomic E-state index is -0.0209. The SMILES string of the molecule is CCn1c(C)cc(C(=O)NCc2cc3n(n2)CCCN(CC(C)C)C3)c1C. The van der Waals surface area contributed by atoms with Crippen LogP contribution in [0.5, 0.6) is 0 Å². The molecule has 3 heterocycles. The number of hydrogen-bond donors (Lipinski definition) is 1. The number of nitrogens with zero attached hydrogens (tertiary/aromatic N) is 4. The fraction of sp³-hybridized carbons (Fsp3) is 0.619. The molecule has 6 nitrogen and oxygen atoms in total. The maximum absolute atomic E-state index is 12.6. The Kier molecular flexibility index (Phi) is 6.05. The molecule has 0 radical (unpaired) electrons. The topological polar surface area (TPSA) is 55.1 Å². The number of carbonyl (C=O) groups is 1. The second-order valence-corrected chi connectivity index (χ2v) is 8.04. The van der Waals surface area contributed by atoms with Gasteiger partial charge in [-0.3, -0.25) is 14.4 Å². The highest BCUT2D eigenvalue weighted by Crippen LogP contribution is 2.17. The first-order valence-corrected chi connectivity index (χ1v) is 10.1. The van der Waals surface area contributed by atoms with Crippen LogP contribution < -0.4 is 5.32 Å². The summed E-state index contributed by atoms with van der Waals surface area (Å²) in [7, 11) is 0. The van der Waals surface area contributed by atoms with Gasteiger partial charge in [-0.2, -0.15) is 5.10 Å². The average molecular weight is 372 g/mol. The van der Waals surface area contributed by atoms with Crippen LogP contribution in [0.15, 0.2) is 12.1 Å². The third-order valence-corrected chi connectivity index (χ3v) is 5.33. The molecule has 1 aliphatic heterocycles. The van der Waals surface area contributed by atoms with Crippen molar-refractivity contribution in [2.75, 3.05) is 13.1 Å². The lowest BCUT2D eigenvalue weighted by molar-refractivity contribution is 0.0949. The van der Waals surface area contributed by atoms with E-state index in [2.05, 4.69) is 46.3 Å². The molecular weight excluding hydrogens is 338 g/mol. The molecule has 0 aromatic carbocycles. The van der Waals surface area contributed by atoms with Crippen LogP contribution >= 0.6 is 0 Å². The molecule has 0 atom stereocenters. The van der Waals surface area contributed by atoms with Gasteiger partial charge in [0.1, 0.15) is 0 Å². The molecule has 27 heavy (non-hydrogen) atoms. The molecule has 1 amide bonds. The molecule has 0 bridgehead atoms. The zero-order valence-corrected chi connectivity index (χ0v) is 17.4. The zero-order chi connectivity index (χ0) is 19.6. The van der Waals surface area contributed by atoms with Gasteiger partial charge in [-0.25, -0.2) is 0 Å². The molecule has 148 valence electrons. The lowest BCUT2D eigenvalue weighted by atomic mass is 10.2. The van der Waals surface area contributed by atoms with E-state index in [0.29, 0.717) is 12.5 Å². The van der Waals surface area contributed by atoms with Crippen molar-refractivity contribution < 1.29 is 4.79 Å². The van der Waals surface area contributed by atoms with Crippen LogP contribution in [0, 0.1) is 19.8 Å². The standard InChI is InChI=1S/C21H33N5O/c1-6-25-16(4)10-20(17(25)5)21(27)22-12-18-11-19-14-24(13-15(2)3)8-7-9-26(19)23-18/h10-11,15H,6-9,12-14H2,1-5H3,(H,22,27). The van der Waals surface area contributed by atoms with Gasteiger partial charge in [-0.1, -0.05) is 13.8 Å². The van der Waals surface area contributed by atoms with Crippen molar-refractivity contribution in [2.24, 2.45) is 5.92 Å². The number of nitrogens with one attached hydrogen (secondary N) is 1. The normalized spacial score (nSPS) is 15.0. The van der Waals surface area contributed by atoms with E-state index in [1.807, 2.05) is 19.9 Å². The van der Waals surface area contributed by atoms with Gasteiger partial charge < -0.3 is 9.88 Å². The molecule has 2 aromatic heterocycles. The van der Waals surface area contributed by atoms with E-state index in [9.17, 15) is 4.79 Å². The van der Waals surface area contributed by atoms with Gasteiger partial charge in [0.05, 0.1) is 23.5 Å². The van der Waals surface area contributed by atoms with Crippen molar-refractivity contribution in [3.05, 3.63) is 40.5 Å². The second kappa shape index (κ2) is 8.30. The molecule has 0 unspecified atom stereocenters. The van der Waals surface area contributed by atoms with E-state index >= 15 is 0 Å². The molecular formula is C21H33N5O. The Morgan fingerprint density at radius 3 is 2.70 bits per heavy atom. The summed E-state index contributed by atoms with van der Waals surface area (Å²) in [5.41, 5.74) is 5.10. The second-order valence-electron chi connectivity index (χ2n) is 8.04. The number of carbonyl (C=O) groups excluding carboxylic acids is 1. The Bertz CT molecular complexity index is 802. The van der Waals surface area contributed by atoms with Crippen LogP contribution in [-0.2, 0) is 26.2 Å². The van der Waals surface area contributed by atoms with E-state index in [1.54, 1.807) is 0 Å². The van der Waals surface area contributed by atoms with Crippen LogP contribution in [0.2, 0.25) is 0 Å².